The summed E-state index contributed by atoms with van der Waals surface area (Å²) in [4.78, 5) is 38.4. The smallest absolute Gasteiger partial charge is 0.294 e. The Morgan fingerprint density at radius 1 is 1.03 bits per heavy atom. The van der Waals surface area contributed by atoms with Crippen molar-refractivity contribution in [3.63, 3.8) is 0 Å². The molecule has 0 radical (unpaired) electrons. The zero-order valence-electron chi connectivity index (χ0n) is 15.2. The lowest BCUT2D eigenvalue weighted by molar-refractivity contribution is -0.127. The summed E-state index contributed by atoms with van der Waals surface area (Å²) < 4.78 is 0. The quantitative estimate of drug-likeness (QED) is 0.636. The van der Waals surface area contributed by atoms with E-state index in [0.29, 0.717) is 11.3 Å². The molecule has 0 spiro atoms. The van der Waals surface area contributed by atoms with E-state index in [-0.39, 0.29) is 17.2 Å². The van der Waals surface area contributed by atoms with Crippen molar-refractivity contribution in [3.05, 3.63) is 77.2 Å². The number of hydrogen-bond acceptors (Lipinski definition) is 5. The van der Waals surface area contributed by atoms with E-state index in [9.17, 15) is 19.5 Å². The number of fused-ring (bicyclic) bond motifs is 1. The Balaban J connectivity index is 1.49. The molecule has 3 aromatic carbocycles. The Morgan fingerprint density at radius 3 is 2.62 bits per heavy atom. The van der Waals surface area contributed by atoms with Crippen LogP contribution in [0.5, 0.6) is 5.75 Å². The van der Waals surface area contributed by atoms with Crippen LogP contribution < -0.4 is 5.32 Å². The Morgan fingerprint density at radius 2 is 1.79 bits per heavy atom. The number of hydrogen-bond donors (Lipinski definition) is 2. The van der Waals surface area contributed by atoms with E-state index < -0.39 is 17.1 Å². The molecule has 29 heavy (non-hydrogen) atoms. The van der Waals surface area contributed by atoms with Gasteiger partial charge in [-0.3, -0.25) is 19.3 Å². The lowest BCUT2D eigenvalue weighted by atomic mass is 10.1. The van der Waals surface area contributed by atoms with E-state index in [1.807, 2.05) is 36.4 Å². The maximum Gasteiger partial charge on any atom is 0.294 e. The molecule has 0 unspecified atom stereocenters. The zero-order valence-corrected chi connectivity index (χ0v) is 16.0. The van der Waals surface area contributed by atoms with Gasteiger partial charge in [-0.25, -0.2) is 0 Å². The van der Waals surface area contributed by atoms with E-state index >= 15 is 0 Å². The molecule has 1 aliphatic rings. The first-order valence-electron chi connectivity index (χ1n) is 8.83. The molecule has 7 heteroatoms. The van der Waals surface area contributed by atoms with Gasteiger partial charge in [0.1, 0.15) is 12.3 Å². The van der Waals surface area contributed by atoms with Gasteiger partial charge in [0.25, 0.3) is 11.1 Å². The molecule has 144 valence electrons. The number of carbonyl (C=O) groups excluding carboxylic acids is 3. The highest BCUT2D eigenvalue weighted by Gasteiger charge is 2.36. The first-order chi connectivity index (χ1) is 14.0. The van der Waals surface area contributed by atoms with Crippen LogP contribution in [0.1, 0.15) is 5.56 Å². The normalized spacial score (nSPS) is 15.3. The third-order valence-corrected chi connectivity index (χ3v) is 5.31. The molecular weight excluding hydrogens is 388 g/mol. The topological polar surface area (TPSA) is 86.7 Å². The van der Waals surface area contributed by atoms with Crippen molar-refractivity contribution in [2.75, 3.05) is 11.9 Å². The summed E-state index contributed by atoms with van der Waals surface area (Å²) in [5, 5.41) is 13.7. The number of aromatic hydroxyl groups is 1. The zero-order chi connectivity index (χ0) is 20.4. The van der Waals surface area contributed by atoms with Crippen LogP contribution in [-0.4, -0.2) is 33.6 Å². The van der Waals surface area contributed by atoms with Crippen LogP contribution in [0.2, 0.25) is 0 Å². The number of thioether (sulfide) groups is 1. The summed E-state index contributed by atoms with van der Waals surface area (Å²) in [6.07, 6.45) is 1.52. The van der Waals surface area contributed by atoms with Crippen molar-refractivity contribution in [1.82, 2.24) is 4.90 Å². The highest BCUT2D eigenvalue weighted by Crippen LogP contribution is 2.32. The Hall–Kier alpha value is -3.58. The molecule has 2 N–H and O–H groups in total. The average Bonchev–Trinajstić information content (AvgIpc) is 2.96. The standard InChI is InChI=1S/C22H16N2O4S/c25-16-8-3-5-14(11-16)12-19-21(27)24(22(28)29-19)13-20(26)23-18-10-4-7-15-6-1-2-9-17(15)18/h1-12,25H,13H2,(H,23,26). The van der Waals surface area contributed by atoms with Crippen molar-refractivity contribution in [1.29, 1.82) is 0 Å². The number of nitrogens with one attached hydrogen (secondary N) is 1. The molecule has 0 atom stereocenters. The van der Waals surface area contributed by atoms with Crippen molar-refractivity contribution < 1.29 is 19.5 Å². The van der Waals surface area contributed by atoms with Crippen molar-refractivity contribution in [2.45, 2.75) is 0 Å². The SMILES string of the molecule is O=C(CN1C(=O)SC(=Cc2cccc(O)c2)C1=O)Nc1cccc2ccccc12. The summed E-state index contributed by atoms with van der Waals surface area (Å²) in [6.45, 7) is -0.370. The van der Waals surface area contributed by atoms with Gasteiger partial charge in [0, 0.05) is 11.1 Å². The minimum Gasteiger partial charge on any atom is -0.508 e. The molecular formula is C22H16N2O4S. The average molecular weight is 404 g/mol. The number of rotatable bonds is 4. The second kappa shape index (κ2) is 7.81. The van der Waals surface area contributed by atoms with Crippen LogP contribution in [0.4, 0.5) is 10.5 Å². The number of nitrogens with zero attached hydrogens (tertiary/aromatic N) is 1. The van der Waals surface area contributed by atoms with Crippen LogP contribution >= 0.6 is 11.8 Å². The Bertz CT molecular complexity index is 1170. The van der Waals surface area contributed by atoms with Crippen LogP contribution in [0.3, 0.4) is 0 Å². The fourth-order valence-corrected chi connectivity index (χ4v) is 3.91. The predicted octanol–water partition coefficient (Wildman–Crippen LogP) is 4.22. The third-order valence-electron chi connectivity index (χ3n) is 4.41. The molecule has 1 heterocycles. The van der Waals surface area contributed by atoms with Crippen molar-refractivity contribution in [2.24, 2.45) is 0 Å². The third kappa shape index (κ3) is 4.00. The molecule has 1 saturated heterocycles. The Labute approximate surface area is 170 Å². The van der Waals surface area contributed by atoms with Gasteiger partial charge in [-0.15, -0.1) is 0 Å². The molecule has 0 aliphatic carbocycles. The molecule has 1 fully saturated rings. The summed E-state index contributed by atoms with van der Waals surface area (Å²) >= 11 is 0.770. The molecule has 0 aromatic heterocycles. The lowest BCUT2D eigenvalue weighted by Crippen LogP contribution is -2.36. The summed E-state index contributed by atoms with van der Waals surface area (Å²) in [6, 6.07) is 19.5. The van der Waals surface area contributed by atoms with E-state index in [1.54, 1.807) is 18.2 Å². The van der Waals surface area contributed by atoms with Gasteiger partial charge in [0.2, 0.25) is 5.91 Å². The van der Waals surface area contributed by atoms with E-state index in [2.05, 4.69) is 5.32 Å². The number of benzene rings is 3. The minimum atomic E-state index is -0.531. The monoisotopic (exact) mass is 404 g/mol. The van der Waals surface area contributed by atoms with E-state index in [1.165, 1.54) is 18.2 Å². The van der Waals surface area contributed by atoms with E-state index in [4.69, 9.17) is 0 Å². The maximum atomic E-state index is 12.6. The fourth-order valence-electron chi connectivity index (χ4n) is 3.07. The number of phenols is 1. The number of phenolic OH excluding ortho intramolecular Hbond substituents is 1. The first kappa shape index (κ1) is 18.8. The summed E-state index contributed by atoms with van der Waals surface area (Å²) in [7, 11) is 0. The number of imide groups is 1. The predicted molar refractivity (Wildman–Crippen MR) is 113 cm³/mol. The summed E-state index contributed by atoms with van der Waals surface area (Å²) in [5.74, 6) is -0.925. The van der Waals surface area contributed by atoms with Gasteiger partial charge >= 0.3 is 0 Å². The van der Waals surface area contributed by atoms with Gasteiger partial charge in [-0.2, -0.15) is 0 Å². The molecule has 3 aromatic rings. The fraction of sp³-hybridized carbons (Fsp3) is 0.0455. The Kier molecular flexibility index (Phi) is 5.05. The number of amides is 3. The molecule has 3 amide bonds. The second-order valence-corrected chi connectivity index (χ2v) is 7.43. The van der Waals surface area contributed by atoms with Crippen LogP contribution in [0, 0.1) is 0 Å². The molecule has 4 rings (SSSR count). The van der Waals surface area contributed by atoms with Gasteiger partial charge in [0.15, 0.2) is 0 Å². The van der Waals surface area contributed by atoms with E-state index in [0.717, 1.165) is 27.4 Å². The second-order valence-electron chi connectivity index (χ2n) is 6.44. The first-order valence-corrected chi connectivity index (χ1v) is 9.65. The minimum absolute atomic E-state index is 0.0624. The van der Waals surface area contributed by atoms with Crippen molar-refractivity contribution in [3.8, 4) is 5.75 Å². The van der Waals surface area contributed by atoms with Gasteiger partial charge in [-0.1, -0.05) is 48.5 Å². The highest BCUT2D eigenvalue weighted by atomic mass is 32.2. The van der Waals surface area contributed by atoms with Crippen LogP contribution in [0.15, 0.2) is 71.6 Å². The molecule has 0 bridgehead atoms. The van der Waals surface area contributed by atoms with Crippen molar-refractivity contribution >= 4 is 51.4 Å². The van der Waals surface area contributed by atoms with Crippen LogP contribution in [-0.2, 0) is 9.59 Å². The largest absolute Gasteiger partial charge is 0.508 e. The van der Waals surface area contributed by atoms with Gasteiger partial charge < -0.3 is 10.4 Å². The number of anilines is 1. The van der Waals surface area contributed by atoms with Gasteiger partial charge in [-0.05, 0) is 47.0 Å². The van der Waals surface area contributed by atoms with Crippen LogP contribution in [0.25, 0.3) is 16.8 Å². The van der Waals surface area contributed by atoms with Gasteiger partial charge in [0.05, 0.1) is 4.91 Å². The summed E-state index contributed by atoms with van der Waals surface area (Å²) in [5.41, 5.74) is 1.21. The highest BCUT2D eigenvalue weighted by molar-refractivity contribution is 8.18. The number of carbonyl (C=O) groups is 3. The molecule has 1 aliphatic heterocycles. The maximum absolute atomic E-state index is 12.6. The molecule has 0 saturated carbocycles. The lowest BCUT2D eigenvalue weighted by Gasteiger charge is -2.13. The molecule has 6 nitrogen and oxygen atoms in total.